The second-order valence-corrected chi connectivity index (χ2v) is 12.6. The molecule has 3 amide bonds. The van der Waals surface area contributed by atoms with Crippen molar-refractivity contribution in [3.05, 3.63) is 64.9 Å². The van der Waals surface area contributed by atoms with Gasteiger partial charge in [-0.05, 0) is 88.4 Å². The second kappa shape index (κ2) is 11.9. The molecule has 0 bridgehead atoms. The first-order valence-corrected chi connectivity index (χ1v) is 14.6. The summed E-state index contributed by atoms with van der Waals surface area (Å²) in [6.07, 6.45) is 1.99. The third-order valence-electron chi connectivity index (χ3n) is 7.92. The van der Waals surface area contributed by atoms with Crippen molar-refractivity contribution in [3.63, 3.8) is 0 Å². The third-order valence-corrected chi connectivity index (χ3v) is 8.17. The van der Waals surface area contributed by atoms with Crippen LogP contribution in [0.1, 0.15) is 57.9 Å². The van der Waals surface area contributed by atoms with Gasteiger partial charge in [-0.1, -0.05) is 23.7 Å². The van der Waals surface area contributed by atoms with Crippen molar-refractivity contribution in [1.82, 2.24) is 14.7 Å². The molecule has 2 atom stereocenters. The van der Waals surface area contributed by atoms with Crippen LogP contribution in [0.3, 0.4) is 0 Å². The zero-order valence-electron chi connectivity index (χ0n) is 23.7. The predicted octanol–water partition coefficient (Wildman–Crippen LogP) is 6.08. The number of likely N-dealkylation sites (tertiary alicyclic amines) is 2. The number of rotatable bonds is 5. The SMILES string of the molecule is CC(C)(C)OC(=O)N1CCC(C(=O)N2CC(c3ccc(Cl)cc3)C(N(C(=O)Oc3ccc(F)cc3)C3CC3)C2)CC1. The molecule has 0 radical (unpaired) electrons. The van der Waals surface area contributed by atoms with Crippen molar-refractivity contribution in [2.75, 3.05) is 26.2 Å². The molecule has 1 aliphatic carbocycles. The number of hydrogen-bond acceptors (Lipinski definition) is 5. The van der Waals surface area contributed by atoms with Crippen LogP contribution in [0.5, 0.6) is 5.75 Å². The van der Waals surface area contributed by atoms with Crippen LogP contribution in [0.2, 0.25) is 5.02 Å². The summed E-state index contributed by atoms with van der Waals surface area (Å²) in [5.41, 5.74) is 0.422. The number of piperidine rings is 1. The van der Waals surface area contributed by atoms with Crippen LogP contribution in [0.15, 0.2) is 48.5 Å². The van der Waals surface area contributed by atoms with E-state index in [9.17, 15) is 18.8 Å². The Hall–Kier alpha value is -3.33. The summed E-state index contributed by atoms with van der Waals surface area (Å²) in [6.45, 7) is 7.27. The number of nitrogens with zero attached hydrogens (tertiary/aromatic N) is 3. The van der Waals surface area contributed by atoms with Gasteiger partial charge in [0, 0.05) is 49.1 Å². The Labute approximate surface area is 245 Å². The first kappa shape index (κ1) is 29.2. The molecule has 2 heterocycles. The largest absolute Gasteiger partial charge is 0.444 e. The summed E-state index contributed by atoms with van der Waals surface area (Å²) in [7, 11) is 0. The first-order valence-electron chi connectivity index (χ1n) is 14.3. The highest BCUT2D eigenvalue weighted by atomic mass is 35.5. The lowest BCUT2D eigenvalue weighted by Crippen LogP contribution is -2.48. The summed E-state index contributed by atoms with van der Waals surface area (Å²) < 4.78 is 24.6. The predicted molar refractivity (Wildman–Crippen MR) is 152 cm³/mol. The van der Waals surface area contributed by atoms with E-state index in [-0.39, 0.29) is 41.7 Å². The molecule has 41 heavy (non-hydrogen) atoms. The van der Waals surface area contributed by atoms with E-state index in [1.807, 2.05) is 49.9 Å². The number of ether oxygens (including phenoxy) is 2. The van der Waals surface area contributed by atoms with Gasteiger partial charge in [-0.2, -0.15) is 0 Å². The summed E-state index contributed by atoms with van der Waals surface area (Å²) in [6, 6.07) is 12.7. The highest BCUT2D eigenvalue weighted by Crippen LogP contribution is 2.39. The summed E-state index contributed by atoms with van der Waals surface area (Å²) in [5, 5.41) is 0.614. The van der Waals surface area contributed by atoms with Gasteiger partial charge in [0.25, 0.3) is 0 Å². The molecule has 2 unspecified atom stereocenters. The molecular formula is C31H37ClFN3O5. The Balaban J connectivity index is 1.31. The maximum atomic E-state index is 13.8. The fourth-order valence-corrected chi connectivity index (χ4v) is 5.87. The average molecular weight is 586 g/mol. The molecule has 10 heteroatoms. The van der Waals surface area contributed by atoms with Gasteiger partial charge >= 0.3 is 12.2 Å². The molecule has 3 aliphatic rings. The number of hydrogen-bond donors (Lipinski definition) is 0. The van der Waals surface area contributed by atoms with Crippen molar-refractivity contribution >= 4 is 29.7 Å². The van der Waals surface area contributed by atoms with E-state index in [2.05, 4.69) is 0 Å². The molecule has 1 saturated carbocycles. The van der Waals surface area contributed by atoms with Crippen molar-refractivity contribution in [1.29, 1.82) is 0 Å². The van der Waals surface area contributed by atoms with Crippen LogP contribution < -0.4 is 4.74 Å². The maximum Gasteiger partial charge on any atom is 0.415 e. The second-order valence-electron chi connectivity index (χ2n) is 12.2. The Morgan fingerprint density at radius 3 is 2.12 bits per heavy atom. The highest BCUT2D eigenvalue weighted by molar-refractivity contribution is 6.30. The summed E-state index contributed by atoms with van der Waals surface area (Å²) in [5.74, 6) is -0.433. The lowest BCUT2D eigenvalue weighted by Gasteiger charge is -2.34. The summed E-state index contributed by atoms with van der Waals surface area (Å²) in [4.78, 5) is 45.1. The monoisotopic (exact) mass is 585 g/mol. The van der Waals surface area contributed by atoms with Gasteiger partial charge in [0.15, 0.2) is 0 Å². The van der Waals surface area contributed by atoms with Crippen LogP contribution >= 0.6 is 11.6 Å². The molecule has 0 N–H and O–H groups in total. The third kappa shape index (κ3) is 7.12. The Kier molecular flexibility index (Phi) is 8.45. The molecule has 0 aromatic heterocycles. The van der Waals surface area contributed by atoms with E-state index in [0.29, 0.717) is 44.0 Å². The van der Waals surface area contributed by atoms with Gasteiger partial charge < -0.3 is 19.3 Å². The molecule has 0 spiro atoms. The Bertz CT molecular complexity index is 1250. The number of amides is 3. The zero-order valence-corrected chi connectivity index (χ0v) is 24.5. The molecule has 8 nitrogen and oxygen atoms in total. The van der Waals surface area contributed by atoms with Crippen molar-refractivity contribution in [2.24, 2.45) is 5.92 Å². The van der Waals surface area contributed by atoms with E-state index in [1.54, 1.807) is 9.80 Å². The fraction of sp³-hybridized carbons (Fsp3) is 0.516. The van der Waals surface area contributed by atoms with Crippen molar-refractivity contribution in [2.45, 2.75) is 70.1 Å². The lowest BCUT2D eigenvalue weighted by molar-refractivity contribution is -0.136. The van der Waals surface area contributed by atoms with E-state index in [0.717, 1.165) is 18.4 Å². The Morgan fingerprint density at radius 2 is 1.54 bits per heavy atom. The minimum atomic E-state index is -0.573. The smallest absolute Gasteiger partial charge is 0.415 e. The first-order chi connectivity index (χ1) is 19.5. The van der Waals surface area contributed by atoms with Crippen LogP contribution in [-0.4, -0.2) is 76.7 Å². The molecular weight excluding hydrogens is 549 g/mol. The van der Waals surface area contributed by atoms with Crippen LogP contribution in [0.4, 0.5) is 14.0 Å². The molecule has 3 fully saturated rings. The molecule has 2 aliphatic heterocycles. The minimum Gasteiger partial charge on any atom is -0.444 e. The number of carbonyl (C=O) groups is 3. The summed E-state index contributed by atoms with van der Waals surface area (Å²) >= 11 is 6.17. The maximum absolute atomic E-state index is 13.8. The standard InChI is InChI=1S/C31H37ClFN3O5/c1-31(2,3)41-29(38)34-16-14-21(15-17-34)28(37)35-18-26(20-4-6-22(32)7-5-20)27(19-35)36(24-10-11-24)30(39)40-25-12-8-23(33)9-13-25/h4-9,12-13,21,24,26-27H,10-11,14-19H2,1-3H3. The van der Waals surface area contributed by atoms with Crippen molar-refractivity contribution in [3.8, 4) is 5.75 Å². The number of halogens is 2. The molecule has 220 valence electrons. The van der Waals surface area contributed by atoms with Gasteiger partial charge in [-0.3, -0.25) is 9.69 Å². The van der Waals surface area contributed by atoms with Crippen molar-refractivity contribution < 1.29 is 28.2 Å². The van der Waals surface area contributed by atoms with Gasteiger partial charge in [0.2, 0.25) is 5.91 Å². The van der Waals surface area contributed by atoms with Gasteiger partial charge in [0.1, 0.15) is 17.2 Å². The molecule has 2 aromatic rings. The lowest BCUT2D eigenvalue weighted by atomic mass is 9.93. The normalized spacial score (nSPS) is 21.5. The average Bonchev–Trinajstić information content (AvgIpc) is 3.67. The van der Waals surface area contributed by atoms with Gasteiger partial charge in [-0.15, -0.1) is 0 Å². The topological polar surface area (TPSA) is 79.4 Å². The van der Waals surface area contributed by atoms with Gasteiger partial charge in [0.05, 0.1) is 6.04 Å². The van der Waals surface area contributed by atoms with Crippen LogP contribution in [0.25, 0.3) is 0 Å². The number of benzene rings is 2. The van der Waals surface area contributed by atoms with E-state index in [4.69, 9.17) is 21.1 Å². The quantitative estimate of drug-likeness (QED) is 0.425. The van der Waals surface area contributed by atoms with Crippen LogP contribution in [0, 0.1) is 11.7 Å². The zero-order chi connectivity index (χ0) is 29.3. The fourth-order valence-electron chi connectivity index (χ4n) is 5.74. The van der Waals surface area contributed by atoms with E-state index in [1.165, 1.54) is 24.3 Å². The molecule has 2 aromatic carbocycles. The number of carbonyl (C=O) groups excluding carboxylic acids is 3. The van der Waals surface area contributed by atoms with Gasteiger partial charge in [-0.25, -0.2) is 14.0 Å². The molecule has 5 rings (SSSR count). The van der Waals surface area contributed by atoms with Crippen LogP contribution in [-0.2, 0) is 9.53 Å². The molecule has 2 saturated heterocycles. The van der Waals surface area contributed by atoms with E-state index >= 15 is 0 Å². The van der Waals surface area contributed by atoms with E-state index < -0.39 is 17.5 Å². The highest BCUT2D eigenvalue weighted by Gasteiger charge is 2.48. The minimum absolute atomic E-state index is 0.0230. The Morgan fingerprint density at radius 1 is 0.902 bits per heavy atom.